The van der Waals surface area contributed by atoms with Gasteiger partial charge in [-0.1, -0.05) is 31.2 Å². The van der Waals surface area contributed by atoms with Crippen molar-refractivity contribution >= 4 is 34.4 Å². The summed E-state index contributed by atoms with van der Waals surface area (Å²) >= 11 is 0. The van der Waals surface area contributed by atoms with Crippen molar-refractivity contribution in [2.45, 2.75) is 84.6 Å². The standard InChI is InChI=1S/C39H46FN9O3/c1-3-34-31(38(47-29-14-17-52-18-15-29)32-24-46-49(4-2)39(32)48-34)23-44-37(51)10-6-9-36(50)43-22-27-11-12-33(40)30(20-27)28-8-5-7-26(19-28)21-42-35-13-16-41-25-45-35/h5,7-8,11-13,16,19-20,24-25,29H,3-4,6,9-10,14-15,17-18,21-23H2,1-2H3,(H,43,50)(H,44,51)(H,47,48)(H,41,42,45). The highest BCUT2D eigenvalue weighted by molar-refractivity contribution is 5.92. The first-order chi connectivity index (χ1) is 25.4. The van der Waals surface area contributed by atoms with Gasteiger partial charge in [0.05, 0.1) is 17.3 Å². The number of ether oxygens (including phenoxy) is 1. The number of hydrogen-bond donors (Lipinski definition) is 4. The van der Waals surface area contributed by atoms with E-state index in [-0.39, 0.29) is 43.1 Å². The van der Waals surface area contributed by atoms with Crippen LogP contribution in [0.4, 0.5) is 15.9 Å². The number of fused-ring (bicyclic) bond motifs is 1. The predicted molar refractivity (Wildman–Crippen MR) is 199 cm³/mol. The van der Waals surface area contributed by atoms with Crippen LogP contribution in [0.1, 0.15) is 68.3 Å². The van der Waals surface area contributed by atoms with E-state index in [4.69, 9.17) is 9.72 Å². The van der Waals surface area contributed by atoms with E-state index in [0.717, 1.165) is 57.5 Å². The number of hydrogen-bond acceptors (Lipinski definition) is 9. The lowest BCUT2D eigenvalue weighted by Crippen LogP contribution is -2.30. The number of pyridine rings is 1. The van der Waals surface area contributed by atoms with Gasteiger partial charge in [-0.15, -0.1) is 0 Å². The van der Waals surface area contributed by atoms with Crippen LogP contribution < -0.4 is 21.3 Å². The van der Waals surface area contributed by atoms with Gasteiger partial charge in [-0.05, 0) is 73.6 Å². The minimum absolute atomic E-state index is 0.131. The third-order valence-electron chi connectivity index (χ3n) is 9.26. The molecule has 52 heavy (non-hydrogen) atoms. The minimum Gasteiger partial charge on any atom is -0.381 e. The van der Waals surface area contributed by atoms with E-state index < -0.39 is 0 Å². The number of carbonyl (C=O) groups excluding carboxylic acids is 2. The average molecular weight is 708 g/mol. The van der Waals surface area contributed by atoms with E-state index >= 15 is 0 Å². The molecule has 0 aliphatic carbocycles. The molecule has 0 spiro atoms. The molecule has 0 radical (unpaired) electrons. The van der Waals surface area contributed by atoms with Gasteiger partial charge in [0.2, 0.25) is 11.8 Å². The smallest absolute Gasteiger partial charge is 0.220 e. The maximum Gasteiger partial charge on any atom is 0.220 e. The van der Waals surface area contributed by atoms with Crippen LogP contribution in [0.2, 0.25) is 0 Å². The van der Waals surface area contributed by atoms with Gasteiger partial charge < -0.3 is 26.0 Å². The molecule has 272 valence electrons. The molecule has 2 amide bonds. The zero-order valence-corrected chi connectivity index (χ0v) is 29.8. The van der Waals surface area contributed by atoms with E-state index in [1.807, 2.05) is 42.1 Å². The van der Waals surface area contributed by atoms with Crippen LogP contribution in [-0.4, -0.2) is 55.8 Å². The number of aryl methyl sites for hydroxylation is 2. The number of anilines is 2. The van der Waals surface area contributed by atoms with Gasteiger partial charge in [0, 0.05) is 81.3 Å². The summed E-state index contributed by atoms with van der Waals surface area (Å²) in [5, 5.41) is 18.5. The van der Waals surface area contributed by atoms with Crippen LogP contribution in [-0.2, 0) is 46.9 Å². The molecular weight excluding hydrogens is 661 g/mol. The molecule has 2 aromatic carbocycles. The summed E-state index contributed by atoms with van der Waals surface area (Å²) < 4.78 is 22.4. The number of nitrogens with zero attached hydrogens (tertiary/aromatic N) is 5. The van der Waals surface area contributed by atoms with Crippen molar-refractivity contribution in [3.05, 3.63) is 95.5 Å². The Morgan fingerprint density at radius 3 is 2.50 bits per heavy atom. The largest absolute Gasteiger partial charge is 0.381 e. The fraction of sp³-hybridized carbons (Fsp3) is 0.385. The third-order valence-corrected chi connectivity index (χ3v) is 9.26. The van der Waals surface area contributed by atoms with Crippen molar-refractivity contribution in [1.82, 2.24) is 35.4 Å². The summed E-state index contributed by atoms with van der Waals surface area (Å²) in [5.41, 5.74) is 6.64. The normalized spacial score (nSPS) is 13.2. The van der Waals surface area contributed by atoms with Crippen LogP contribution in [0.3, 0.4) is 0 Å². The SMILES string of the molecule is CCc1nc2c(cnn2CC)c(NC2CCOCC2)c1CNC(=O)CCCC(=O)NCc1ccc(F)c(-c2cccc(CNc3ccncn3)c2)c1. The van der Waals surface area contributed by atoms with E-state index in [1.165, 1.54) is 12.4 Å². The topological polar surface area (TPSA) is 148 Å². The van der Waals surface area contributed by atoms with E-state index in [2.05, 4.69) is 43.3 Å². The Hall–Kier alpha value is -5.43. The Balaban J connectivity index is 1.00. The number of nitrogens with one attached hydrogen (secondary N) is 4. The number of amides is 2. The molecule has 1 fully saturated rings. The lowest BCUT2D eigenvalue weighted by molar-refractivity contribution is -0.122. The quantitative estimate of drug-likeness (QED) is 0.0982. The van der Waals surface area contributed by atoms with Crippen LogP contribution in [0.25, 0.3) is 22.2 Å². The van der Waals surface area contributed by atoms with E-state index in [9.17, 15) is 14.0 Å². The Morgan fingerprint density at radius 1 is 0.962 bits per heavy atom. The number of benzene rings is 2. The summed E-state index contributed by atoms with van der Waals surface area (Å²) in [6, 6.07) is 14.5. The fourth-order valence-corrected chi connectivity index (χ4v) is 6.41. The minimum atomic E-state index is -0.341. The number of carbonyl (C=O) groups is 2. The molecule has 12 nitrogen and oxygen atoms in total. The molecule has 3 aromatic heterocycles. The van der Waals surface area contributed by atoms with Crippen molar-refractivity contribution in [2.24, 2.45) is 0 Å². The maximum absolute atomic E-state index is 14.9. The second kappa shape index (κ2) is 17.7. The Kier molecular flexibility index (Phi) is 12.4. The first-order valence-corrected chi connectivity index (χ1v) is 18.0. The lowest BCUT2D eigenvalue weighted by Gasteiger charge is -2.26. The molecule has 0 saturated carbocycles. The summed E-state index contributed by atoms with van der Waals surface area (Å²) in [4.78, 5) is 38.7. The summed E-state index contributed by atoms with van der Waals surface area (Å²) in [7, 11) is 0. The van der Waals surface area contributed by atoms with Crippen molar-refractivity contribution in [3.63, 3.8) is 0 Å². The summed E-state index contributed by atoms with van der Waals surface area (Å²) in [5.74, 6) is 0.0607. The molecule has 4 heterocycles. The zero-order chi connectivity index (χ0) is 36.3. The maximum atomic E-state index is 14.9. The third kappa shape index (κ3) is 9.26. The first kappa shape index (κ1) is 36.4. The highest BCUT2D eigenvalue weighted by atomic mass is 19.1. The Labute approximate surface area is 303 Å². The lowest BCUT2D eigenvalue weighted by atomic mass is 10.00. The number of aromatic nitrogens is 5. The first-order valence-electron chi connectivity index (χ1n) is 18.0. The van der Waals surface area contributed by atoms with Gasteiger partial charge in [0.15, 0.2) is 5.65 Å². The highest BCUT2D eigenvalue weighted by Crippen LogP contribution is 2.31. The van der Waals surface area contributed by atoms with Gasteiger partial charge in [-0.3, -0.25) is 9.59 Å². The highest BCUT2D eigenvalue weighted by Gasteiger charge is 2.22. The average Bonchev–Trinajstić information content (AvgIpc) is 3.60. The van der Waals surface area contributed by atoms with Crippen molar-refractivity contribution in [1.29, 1.82) is 0 Å². The predicted octanol–water partition coefficient (Wildman–Crippen LogP) is 5.92. The molecule has 0 atom stereocenters. The molecule has 0 unspecified atom stereocenters. The second-order valence-electron chi connectivity index (χ2n) is 12.9. The second-order valence-corrected chi connectivity index (χ2v) is 12.9. The fourth-order valence-electron chi connectivity index (χ4n) is 6.41. The molecule has 6 rings (SSSR count). The van der Waals surface area contributed by atoms with Crippen LogP contribution in [0.5, 0.6) is 0 Å². The number of rotatable bonds is 16. The molecule has 13 heteroatoms. The van der Waals surface area contributed by atoms with E-state index in [1.54, 1.807) is 24.4 Å². The van der Waals surface area contributed by atoms with Gasteiger partial charge in [-0.2, -0.15) is 5.10 Å². The van der Waals surface area contributed by atoms with Gasteiger partial charge in [0.25, 0.3) is 0 Å². The Morgan fingerprint density at radius 2 is 1.75 bits per heavy atom. The molecule has 4 N–H and O–H groups in total. The summed E-state index contributed by atoms with van der Waals surface area (Å²) in [6.07, 6.45) is 8.32. The number of halogens is 1. The van der Waals surface area contributed by atoms with Gasteiger partial charge in [-0.25, -0.2) is 24.0 Å². The van der Waals surface area contributed by atoms with Gasteiger partial charge in [0.1, 0.15) is 18.0 Å². The Bertz CT molecular complexity index is 1980. The molecule has 1 saturated heterocycles. The summed E-state index contributed by atoms with van der Waals surface area (Å²) in [6.45, 7) is 7.35. The van der Waals surface area contributed by atoms with Crippen LogP contribution in [0, 0.1) is 5.82 Å². The molecule has 5 aromatic rings. The zero-order valence-electron chi connectivity index (χ0n) is 29.8. The molecule has 0 bridgehead atoms. The van der Waals surface area contributed by atoms with Crippen LogP contribution in [0.15, 0.2) is 67.3 Å². The van der Waals surface area contributed by atoms with Gasteiger partial charge >= 0.3 is 0 Å². The molecule has 1 aliphatic rings. The molecule has 1 aliphatic heterocycles. The van der Waals surface area contributed by atoms with Crippen molar-refractivity contribution in [3.8, 4) is 11.1 Å². The van der Waals surface area contributed by atoms with E-state index in [0.29, 0.717) is 57.1 Å². The monoisotopic (exact) mass is 707 g/mol. The van der Waals surface area contributed by atoms with Crippen molar-refractivity contribution < 1.29 is 18.7 Å². The van der Waals surface area contributed by atoms with Crippen molar-refractivity contribution in [2.75, 3.05) is 23.8 Å². The molecular formula is C39H46FN9O3. The van der Waals surface area contributed by atoms with Crippen LogP contribution >= 0.6 is 0 Å².